The Morgan fingerprint density at radius 1 is 1.35 bits per heavy atom. The van der Waals surface area contributed by atoms with Crippen molar-refractivity contribution >= 4 is 23.3 Å². The predicted octanol–water partition coefficient (Wildman–Crippen LogP) is -0.338. The van der Waals surface area contributed by atoms with Crippen LogP contribution < -0.4 is 10.6 Å². The van der Waals surface area contributed by atoms with Gasteiger partial charge in [0.25, 0.3) is 0 Å². The maximum Gasteiger partial charge on any atom is 0.347 e. The number of H-pyrrole nitrogens is 1. The van der Waals surface area contributed by atoms with Crippen LogP contribution in [-0.2, 0) is 13.1 Å². The number of hydrogen-bond donors (Lipinski definition) is 4. The van der Waals surface area contributed by atoms with Crippen molar-refractivity contribution in [1.29, 1.82) is 0 Å². The lowest BCUT2D eigenvalue weighted by atomic mass is 10.4. The molecule has 10 nitrogen and oxygen atoms in total. The second-order valence-corrected chi connectivity index (χ2v) is 4.78. The summed E-state index contributed by atoms with van der Waals surface area (Å²) in [6.07, 6.45) is 0. The first-order valence-corrected chi connectivity index (χ1v) is 6.31. The van der Waals surface area contributed by atoms with Crippen LogP contribution in [0.5, 0.6) is 0 Å². The number of nitrogens with one attached hydrogen (secondary N) is 3. The molecule has 0 aliphatic heterocycles. The fourth-order valence-corrected chi connectivity index (χ4v) is 2.20. The summed E-state index contributed by atoms with van der Waals surface area (Å²) in [7, 11) is 0. The van der Waals surface area contributed by atoms with Crippen LogP contribution in [0, 0.1) is 6.92 Å². The number of hydrogen-bond acceptors (Lipinski definition) is 7. The van der Waals surface area contributed by atoms with Gasteiger partial charge in [0.1, 0.15) is 9.88 Å². The lowest BCUT2D eigenvalue weighted by Crippen LogP contribution is -2.34. The van der Waals surface area contributed by atoms with Gasteiger partial charge < -0.3 is 15.7 Å². The molecule has 0 radical (unpaired) electrons. The Labute approximate surface area is 116 Å². The molecule has 0 saturated carbocycles. The Hall–Kier alpha value is -2.56. The fourth-order valence-electron chi connectivity index (χ4n) is 1.36. The summed E-state index contributed by atoms with van der Waals surface area (Å²) in [5.41, 5.74) is 0.437. The first kappa shape index (κ1) is 13.9. The second kappa shape index (κ2) is 6.06. The Balaban J connectivity index is 1.81. The minimum atomic E-state index is -1.02. The lowest BCUT2D eigenvalue weighted by molar-refractivity contribution is 0.0701. The molecule has 0 bridgehead atoms. The van der Waals surface area contributed by atoms with Gasteiger partial charge in [-0.1, -0.05) is 5.21 Å². The Morgan fingerprint density at radius 3 is 2.70 bits per heavy atom. The number of carboxylic acid groups (broad SMARTS) is 1. The monoisotopic (exact) mass is 297 g/mol. The van der Waals surface area contributed by atoms with Gasteiger partial charge >= 0.3 is 12.0 Å². The van der Waals surface area contributed by atoms with Gasteiger partial charge in [0.2, 0.25) is 0 Å². The van der Waals surface area contributed by atoms with Crippen molar-refractivity contribution in [1.82, 2.24) is 36.2 Å². The molecule has 2 amide bonds. The molecule has 2 rings (SSSR count). The number of carboxylic acids is 1. The quantitative estimate of drug-likeness (QED) is 0.590. The molecule has 0 saturated heterocycles. The third kappa shape index (κ3) is 3.47. The molecule has 0 aromatic carbocycles. The summed E-state index contributed by atoms with van der Waals surface area (Å²) in [5.74, 6) is -0.661. The molecule has 0 spiro atoms. The zero-order valence-electron chi connectivity index (χ0n) is 10.4. The number of carbonyl (C=O) groups is 2. The third-order valence-electron chi connectivity index (χ3n) is 2.23. The number of urea groups is 1. The summed E-state index contributed by atoms with van der Waals surface area (Å²) < 4.78 is 0. The zero-order valence-corrected chi connectivity index (χ0v) is 11.2. The summed E-state index contributed by atoms with van der Waals surface area (Å²) in [5, 5.41) is 27.5. The highest BCUT2D eigenvalue weighted by molar-refractivity contribution is 7.13. The highest BCUT2D eigenvalue weighted by atomic mass is 32.1. The highest BCUT2D eigenvalue weighted by Crippen LogP contribution is 2.17. The van der Waals surface area contributed by atoms with Crippen molar-refractivity contribution in [2.24, 2.45) is 0 Å². The van der Waals surface area contributed by atoms with E-state index in [0.29, 0.717) is 16.5 Å². The molecule has 2 heterocycles. The molecule has 0 fully saturated rings. The number of aryl methyl sites for hydroxylation is 1. The number of aromatic amines is 1. The summed E-state index contributed by atoms with van der Waals surface area (Å²) in [4.78, 5) is 26.6. The van der Waals surface area contributed by atoms with Gasteiger partial charge in [0, 0.05) is 0 Å². The molecule has 20 heavy (non-hydrogen) atoms. The Bertz CT molecular complexity index is 609. The van der Waals surface area contributed by atoms with Gasteiger partial charge in [0.15, 0.2) is 5.82 Å². The van der Waals surface area contributed by atoms with E-state index >= 15 is 0 Å². The van der Waals surface area contributed by atoms with E-state index in [1.807, 2.05) is 0 Å². The van der Waals surface area contributed by atoms with Crippen molar-refractivity contribution in [3.63, 3.8) is 0 Å². The standard InChI is InChI=1S/C9H11N7O3S/c1-4-7(8(17)18)20-6(12-4)3-11-9(19)10-2-5-13-15-16-14-5/h2-3H2,1H3,(H,17,18)(H2,10,11,19)(H,13,14,15,16). The molecule has 2 aromatic heterocycles. The maximum atomic E-state index is 11.5. The minimum Gasteiger partial charge on any atom is -0.477 e. The minimum absolute atomic E-state index is 0.138. The number of carbonyl (C=O) groups excluding carboxylic acids is 1. The molecule has 106 valence electrons. The van der Waals surface area contributed by atoms with Crippen LogP contribution in [0.25, 0.3) is 0 Å². The molecule has 0 atom stereocenters. The van der Waals surface area contributed by atoms with E-state index in [9.17, 15) is 9.59 Å². The van der Waals surface area contributed by atoms with Crippen molar-refractivity contribution in [2.45, 2.75) is 20.0 Å². The Morgan fingerprint density at radius 2 is 2.10 bits per heavy atom. The summed E-state index contributed by atoms with van der Waals surface area (Å²) in [6, 6.07) is -0.431. The molecule has 0 aliphatic carbocycles. The van der Waals surface area contributed by atoms with E-state index in [-0.39, 0.29) is 18.0 Å². The molecular weight excluding hydrogens is 286 g/mol. The smallest absolute Gasteiger partial charge is 0.347 e. The van der Waals surface area contributed by atoms with Crippen LogP contribution in [0.3, 0.4) is 0 Å². The van der Waals surface area contributed by atoms with Crippen molar-refractivity contribution in [3.05, 3.63) is 21.4 Å². The fraction of sp³-hybridized carbons (Fsp3) is 0.333. The molecule has 2 aromatic rings. The SMILES string of the molecule is Cc1nc(CNC(=O)NCc2nn[nH]n2)sc1C(=O)O. The van der Waals surface area contributed by atoms with Gasteiger partial charge in [-0.05, 0) is 6.92 Å². The van der Waals surface area contributed by atoms with Crippen LogP contribution in [0.15, 0.2) is 0 Å². The van der Waals surface area contributed by atoms with Crippen molar-refractivity contribution in [3.8, 4) is 0 Å². The third-order valence-corrected chi connectivity index (χ3v) is 3.38. The lowest BCUT2D eigenvalue weighted by Gasteiger charge is -2.03. The first-order chi connectivity index (χ1) is 9.56. The number of amides is 2. The van der Waals surface area contributed by atoms with Crippen molar-refractivity contribution in [2.75, 3.05) is 0 Å². The predicted molar refractivity (Wildman–Crippen MR) is 67.1 cm³/mol. The van der Waals surface area contributed by atoms with Gasteiger partial charge in [-0.2, -0.15) is 5.21 Å². The number of rotatable bonds is 5. The van der Waals surface area contributed by atoms with Gasteiger partial charge in [-0.25, -0.2) is 14.6 Å². The maximum absolute atomic E-state index is 11.5. The average Bonchev–Trinajstić information content (AvgIpc) is 3.03. The summed E-state index contributed by atoms with van der Waals surface area (Å²) >= 11 is 1.03. The van der Waals surface area contributed by atoms with Crippen LogP contribution in [0.1, 0.15) is 26.2 Å². The molecule has 0 aliphatic rings. The van der Waals surface area contributed by atoms with E-state index in [1.54, 1.807) is 6.92 Å². The van der Waals surface area contributed by atoms with Crippen LogP contribution in [0.2, 0.25) is 0 Å². The van der Waals surface area contributed by atoms with E-state index in [1.165, 1.54) is 0 Å². The van der Waals surface area contributed by atoms with Crippen LogP contribution >= 0.6 is 11.3 Å². The van der Waals surface area contributed by atoms with Gasteiger partial charge in [-0.3, -0.25) is 0 Å². The summed E-state index contributed by atoms with van der Waals surface area (Å²) in [6.45, 7) is 1.90. The van der Waals surface area contributed by atoms with E-state index < -0.39 is 12.0 Å². The van der Waals surface area contributed by atoms with E-state index in [2.05, 4.69) is 36.2 Å². The van der Waals surface area contributed by atoms with E-state index in [0.717, 1.165) is 11.3 Å². The second-order valence-electron chi connectivity index (χ2n) is 3.69. The van der Waals surface area contributed by atoms with E-state index in [4.69, 9.17) is 5.11 Å². The zero-order chi connectivity index (χ0) is 14.5. The normalized spacial score (nSPS) is 10.2. The number of aromatic carboxylic acids is 1. The molecular formula is C9H11N7O3S. The van der Waals surface area contributed by atoms with Gasteiger partial charge in [-0.15, -0.1) is 21.5 Å². The Kier molecular flexibility index (Phi) is 4.20. The number of aromatic nitrogens is 5. The molecule has 4 N–H and O–H groups in total. The molecule has 11 heteroatoms. The van der Waals surface area contributed by atoms with Gasteiger partial charge in [0.05, 0.1) is 18.8 Å². The highest BCUT2D eigenvalue weighted by Gasteiger charge is 2.14. The first-order valence-electron chi connectivity index (χ1n) is 5.50. The number of thiazole rings is 1. The average molecular weight is 297 g/mol. The topological polar surface area (TPSA) is 146 Å². The number of tetrazole rings is 1. The molecule has 0 unspecified atom stereocenters. The number of nitrogens with zero attached hydrogens (tertiary/aromatic N) is 4. The largest absolute Gasteiger partial charge is 0.477 e. The van der Waals surface area contributed by atoms with Crippen molar-refractivity contribution < 1.29 is 14.7 Å². The van der Waals surface area contributed by atoms with Crippen LogP contribution in [-0.4, -0.2) is 42.7 Å². The van der Waals surface area contributed by atoms with Crippen LogP contribution in [0.4, 0.5) is 4.79 Å².